The molecule has 0 radical (unpaired) electrons. The molecule has 0 aliphatic rings. The fourth-order valence-corrected chi connectivity index (χ4v) is 1.26. The SMILES string of the molecule is Cc1noc(CNCc2cncn2C)n1. The van der Waals surface area contributed by atoms with Gasteiger partial charge in [0.2, 0.25) is 5.89 Å². The lowest BCUT2D eigenvalue weighted by atomic mass is 10.4. The second kappa shape index (κ2) is 4.22. The van der Waals surface area contributed by atoms with Crippen LogP contribution >= 0.6 is 0 Å². The predicted molar refractivity (Wildman–Crippen MR) is 52.8 cm³/mol. The summed E-state index contributed by atoms with van der Waals surface area (Å²) in [5.74, 6) is 1.27. The molecule has 0 aliphatic carbocycles. The second-order valence-electron chi connectivity index (χ2n) is 3.33. The number of hydrogen-bond donors (Lipinski definition) is 1. The molecule has 0 fully saturated rings. The fourth-order valence-electron chi connectivity index (χ4n) is 1.26. The van der Waals surface area contributed by atoms with Gasteiger partial charge in [0.1, 0.15) is 0 Å². The standard InChI is InChI=1S/C9H13N5O/c1-7-12-9(15-13-7)5-10-3-8-4-11-6-14(8)2/h4,6,10H,3,5H2,1-2H3. The minimum atomic E-state index is 0.575. The summed E-state index contributed by atoms with van der Waals surface area (Å²) in [6.45, 7) is 3.11. The molecule has 80 valence electrons. The summed E-state index contributed by atoms with van der Waals surface area (Å²) >= 11 is 0. The summed E-state index contributed by atoms with van der Waals surface area (Å²) < 4.78 is 6.93. The van der Waals surface area contributed by atoms with E-state index in [1.807, 2.05) is 17.8 Å². The van der Waals surface area contributed by atoms with Crippen LogP contribution in [0.3, 0.4) is 0 Å². The van der Waals surface area contributed by atoms with E-state index in [1.54, 1.807) is 13.3 Å². The van der Waals surface area contributed by atoms with Crippen LogP contribution < -0.4 is 5.32 Å². The first-order valence-corrected chi connectivity index (χ1v) is 4.71. The Morgan fingerprint density at radius 2 is 2.33 bits per heavy atom. The molecule has 2 aromatic rings. The average molecular weight is 207 g/mol. The van der Waals surface area contributed by atoms with Crippen molar-refractivity contribution >= 4 is 0 Å². The largest absolute Gasteiger partial charge is 0.338 e. The van der Waals surface area contributed by atoms with Gasteiger partial charge in [-0.3, -0.25) is 0 Å². The maximum absolute atomic E-state index is 4.97. The Hall–Kier alpha value is -1.69. The quantitative estimate of drug-likeness (QED) is 0.786. The number of rotatable bonds is 4. The Morgan fingerprint density at radius 1 is 1.47 bits per heavy atom. The van der Waals surface area contributed by atoms with Gasteiger partial charge in [-0.2, -0.15) is 4.98 Å². The highest BCUT2D eigenvalue weighted by Gasteiger charge is 2.02. The molecule has 0 atom stereocenters. The molecule has 0 amide bonds. The van der Waals surface area contributed by atoms with Crippen molar-refractivity contribution < 1.29 is 4.52 Å². The third kappa shape index (κ3) is 2.41. The molecule has 2 rings (SSSR count). The van der Waals surface area contributed by atoms with Crippen molar-refractivity contribution in [2.24, 2.45) is 7.05 Å². The highest BCUT2D eigenvalue weighted by molar-refractivity contribution is 4.96. The van der Waals surface area contributed by atoms with Crippen molar-refractivity contribution in [2.45, 2.75) is 20.0 Å². The number of aryl methyl sites for hydroxylation is 2. The van der Waals surface area contributed by atoms with Gasteiger partial charge in [0.15, 0.2) is 5.82 Å². The molecule has 2 aromatic heterocycles. The van der Waals surface area contributed by atoms with Crippen molar-refractivity contribution in [3.63, 3.8) is 0 Å². The number of aromatic nitrogens is 4. The molecule has 0 aliphatic heterocycles. The second-order valence-corrected chi connectivity index (χ2v) is 3.33. The Bertz CT molecular complexity index is 433. The van der Waals surface area contributed by atoms with Gasteiger partial charge >= 0.3 is 0 Å². The smallest absolute Gasteiger partial charge is 0.240 e. The van der Waals surface area contributed by atoms with Gasteiger partial charge in [-0.05, 0) is 6.92 Å². The van der Waals surface area contributed by atoms with Crippen molar-refractivity contribution in [1.29, 1.82) is 0 Å². The summed E-state index contributed by atoms with van der Waals surface area (Å²) in [7, 11) is 1.96. The molecular formula is C9H13N5O. The molecule has 0 spiro atoms. The van der Waals surface area contributed by atoms with E-state index in [9.17, 15) is 0 Å². The van der Waals surface area contributed by atoms with Gasteiger partial charge in [0.05, 0.1) is 18.6 Å². The molecule has 15 heavy (non-hydrogen) atoms. The molecule has 0 saturated carbocycles. The Kier molecular flexibility index (Phi) is 2.77. The topological polar surface area (TPSA) is 68.8 Å². The minimum Gasteiger partial charge on any atom is -0.338 e. The van der Waals surface area contributed by atoms with Crippen LogP contribution in [0.2, 0.25) is 0 Å². The first-order valence-electron chi connectivity index (χ1n) is 4.71. The predicted octanol–water partition coefficient (Wildman–Crippen LogP) is 0.401. The highest BCUT2D eigenvalue weighted by atomic mass is 16.5. The fraction of sp³-hybridized carbons (Fsp3) is 0.444. The van der Waals surface area contributed by atoms with Crippen LogP contribution in [-0.4, -0.2) is 19.7 Å². The normalized spacial score (nSPS) is 10.8. The van der Waals surface area contributed by atoms with Gasteiger partial charge in [0, 0.05) is 19.8 Å². The van der Waals surface area contributed by atoms with E-state index < -0.39 is 0 Å². The Morgan fingerprint density at radius 3 is 2.93 bits per heavy atom. The third-order valence-electron chi connectivity index (χ3n) is 2.07. The Balaban J connectivity index is 1.83. The van der Waals surface area contributed by atoms with Crippen LogP contribution in [0.4, 0.5) is 0 Å². The van der Waals surface area contributed by atoms with Crippen LogP contribution in [0.25, 0.3) is 0 Å². The van der Waals surface area contributed by atoms with E-state index >= 15 is 0 Å². The monoisotopic (exact) mass is 207 g/mol. The Labute approximate surface area is 87.3 Å². The summed E-state index contributed by atoms with van der Waals surface area (Å²) in [6.07, 6.45) is 3.60. The van der Waals surface area contributed by atoms with Crippen molar-refractivity contribution in [3.8, 4) is 0 Å². The lowest BCUT2D eigenvalue weighted by molar-refractivity contribution is 0.363. The van der Waals surface area contributed by atoms with Crippen molar-refractivity contribution in [2.75, 3.05) is 0 Å². The van der Waals surface area contributed by atoms with E-state index in [0.29, 0.717) is 18.3 Å². The van der Waals surface area contributed by atoms with E-state index in [1.165, 1.54) is 0 Å². The third-order valence-corrected chi connectivity index (χ3v) is 2.07. The molecule has 2 heterocycles. The van der Waals surface area contributed by atoms with Crippen LogP contribution in [0.1, 0.15) is 17.4 Å². The lowest BCUT2D eigenvalue weighted by Crippen LogP contribution is -2.14. The maximum atomic E-state index is 4.97. The van der Waals surface area contributed by atoms with E-state index in [-0.39, 0.29) is 0 Å². The number of nitrogens with zero attached hydrogens (tertiary/aromatic N) is 4. The molecular weight excluding hydrogens is 194 g/mol. The molecule has 0 unspecified atom stereocenters. The van der Waals surface area contributed by atoms with Gasteiger partial charge in [-0.1, -0.05) is 5.16 Å². The molecule has 0 saturated heterocycles. The number of hydrogen-bond acceptors (Lipinski definition) is 5. The van der Waals surface area contributed by atoms with Crippen molar-refractivity contribution in [1.82, 2.24) is 25.0 Å². The van der Waals surface area contributed by atoms with Gasteiger partial charge in [0.25, 0.3) is 0 Å². The zero-order valence-electron chi connectivity index (χ0n) is 8.77. The van der Waals surface area contributed by atoms with E-state index in [4.69, 9.17) is 4.52 Å². The van der Waals surface area contributed by atoms with Crippen molar-refractivity contribution in [3.05, 3.63) is 29.9 Å². The summed E-state index contributed by atoms with van der Waals surface area (Å²) in [6, 6.07) is 0. The van der Waals surface area contributed by atoms with Gasteiger partial charge < -0.3 is 14.4 Å². The number of imidazole rings is 1. The molecule has 6 nitrogen and oxygen atoms in total. The zero-order valence-corrected chi connectivity index (χ0v) is 8.77. The molecule has 1 N–H and O–H groups in total. The lowest BCUT2D eigenvalue weighted by Gasteiger charge is -2.01. The molecule has 0 bridgehead atoms. The van der Waals surface area contributed by atoms with E-state index in [2.05, 4.69) is 20.4 Å². The molecule has 0 aromatic carbocycles. The van der Waals surface area contributed by atoms with Crippen LogP contribution in [0.15, 0.2) is 17.0 Å². The van der Waals surface area contributed by atoms with Gasteiger partial charge in [-0.25, -0.2) is 4.98 Å². The first-order chi connectivity index (χ1) is 7.25. The summed E-state index contributed by atoms with van der Waals surface area (Å²) in [4.78, 5) is 8.11. The minimum absolute atomic E-state index is 0.575. The van der Waals surface area contributed by atoms with E-state index in [0.717, 1.165) is 12.2 Å². The summed E-state index contributed by atoms with van der Waals surface area (Å²) in [5.41, 5.74) is 1.12. The summed E-state index contributed by atoms with van der Waals surface area (Å²) in [5, 5.41) is 6.91. The van der Waals surface area contributed by atoms with Crippen LogP contribution in [0, 0.1) is 6.92 Å². The van der Waals surface area contributed by atoms with Crippen LogP contribution in [-0.2, 0) is 20.1 Å². The van der Waals surface area contributed by atoms with Crippen LogP contribution in [0.5, 0.6) is 0 Å². The maximum Gasteiger partial charge on any atom is 0.240 e. The van der Waals surface area contributed by atoms with Gasteiger partial charge in [-0.15, -0.1) is 0 Å². The zero-order chi connectivity index (χ0) is 10.7. The highest BCUT2D eigenvalue weighted by Crippen LogP contribution is 1.98. The average Bonchev–Trinajstić information content (AvgIpc) is 2.77. The number of nitrogens with one attached hydrogen (secondary N) is 1. The first kappa shape index (κ1) is 9.85. The molecule has 6 heteroatoms.